The van der Waals surface area contributed by atoms with E-state index in [4.69, 9.17) is 14.5 Å². The minimum atomic E-state index is -5.06. The van der Waals surface area contributed by atoms with Gasteiger partial charge in [-0.3, -0.25) is 9.88 Å². The van der Waals surface area contributed by atoms with Crippen molar-refractivity contribution in [2.75, 3.05) is 7.11 Å². The Labute approximate surface area is 255 Å². The molecule has 0 bridgehead atoms. The number of carbonyl (C=O) groups excluding carboxylic acids is 1. The number of cyclic esters (lactones) is 1. The molecule has 240 valence electrons. The molecule has 2 aliphatic rings. The highest BCUT2D eigenvalue weighted by molar-refractivity contribution is 5.77. The van der Waals surface area contributed by atoms with E-state index in [1.807, 2.05) is 19.9 Å². The highest BCUT2D eigenvalue weighted by Gasteiger charge is 2.43. The molecule has 1 aliphatic heterocycles. The number of aromatic nitrogens is 1. The molecule has 1 amide bonds. The minimum Gasteiger partial charge on any atom is -0.496 e. The van der Waals surface area contributed by atoms with Gasteiger partial charge in [0.25, 0.3) is 0 Å². The van der Waals surface area contributed by atoms with Gasteiger partial charge in [0.1, 0.15) is 17.7 Å². The first kappa shape index (κ1) is 32.3. The molecule has 1 aliphatic carbocycles. The molecule has 0 spiro atoms. The number of hydrogen-bond donors (Lipinski definition) is 0. The van der Waals surface area contributed by atoms with Gasteiger partial charge in [0.15, 0.2) is 0 Å². The number of allylic oxidation sites excluding steroid dienone is 2. The van der Waals surface area contributed by atoms with E-state index in [9.17, 15) is 35.5 Å². The zero-order valence-electron chi connectivity index (χ0n) is 24.9. The molecule has 5 nitrogen and oxygen atoms in total. The summed E-state index contributed by atoms with van der Waals surface area (Å²) in [6.45, 7) is 4.98. The van der Waals surface area contributed by atoms with Crippen molar-refractivity contribution in [3.8, 4) is 16.9 Å². The topological polar surface area (TPSA) is 51.7 Å². The van der Waals surface area contributed by atoms with Crippen LogP contribution in [0.5, 0.6) is 5.75 Å². The van der Waals surface area contributed by atoms with Crippen LogP contribution in [0.3, 0.4) is 0 Å². The Morgan fingerprint density at radius 3 is 2.22 bits per heavy atom. The van der Waals surface area contributed by atoms with Gasteiger partial charge in [-0.1, -0.05) is 26.0 Å². The maximum atomic E-state index is 14.9. The summed E-state index contributed by atoms with van der Waals surface area (Å²) in [6, 6.07) is 6.75. The first-order valence-corrected chi connectivity index (χ1v) is 14.4. The molecule has 1 saturated heterocycles. The van der Waals surface area contributed by atoms with Crippen molar-refractivity contribution in [1.82, 2.24) is 9.88 Å². The normalized spacial score (nSPS) is 18.9. The second kappa shape index (κ2) is 12.0. The van der Waals surface area contributed by atoms with Crippen molar-refractivity contribution >= 4 is 11.7 Å². The van der Waals surface area contributed by atoms with E-state index >= 15 is 0 Å². The highest BCUT2D eigenvalue weighted by Crippen LogP contribution is 2.43. The number of nitrogens with zero attached hydrogens (tertiary/aromatic N) is 2. The number of carbonyl (C=O) groups is 1. The monoisotopic (exact) mass is 636 g/mol. The molecular formula is C33H31F7N2O3. The van der Waals surface area contributed by atoms with Crippen LogP contribution in [0.25, 0.3) is 16.7 Å². The van der Waals surface area contributed by atoms with E-state index in [-0.39, 0.29) is 24.3 Å². The zero-order valence-corrected chi connectivity index (χ0v) is 24.9. The van der Waals surface area contributed by atoms with Gasteiger partial charge >= 0.3 is 18.4 Å². The SMILES string of the molecule is COc1cc(F)c(C(C)C)cc1-c1ccc(C2=CCCC2)nc1CN1C(=O)O[C@H](c2cc(C(F)(F)F)cc(C(F)(F)F)c2)[C@@H]1C. The van der Waals surface area contributed by atoms with Crippen LogP contribution in [0.1, 0.15) is 85.7 Å². The molecular weight excluding hydrogens is 605 g/mol. The van der Waals surface area contributed by atoms with E-state index in [1.165, 1.54) is 25.0 Å². The predicted octanol–water partition coefficient (Wildman–Crippen LogP) is 9.71. The molecule has 0 unspecified atom stereocenters. The average molecular weight is 637 g/mol. The summed E-state index contributed by atoms with van der Waals surface area (Å²) in [6.07, 6.45) is -7.77. The third-order valence-corrected chi connectivity index (χ3v) is 8.23. The lowest BCUT2D eigenvalue weighted by molar-refractivity contribution is -0.143. The van der Waals surface area contributed by atoms with Crippen LogP contribution < -0.4 is 4.74 Å². The predicted molar refractivity (Wildman–Crippen MR) is 153 cm³/mol. The number of alkyl halides is 6. The van der Waals surface area contributed by atoms with E-state index in [0.29, 0.717) is 40.2 Å². The molecule has 45 heavy (non-hydrogen) atoms. The van der Waals surface area contributed by atoms with Gasteiger partial charge in [-0.25, -0.2) is 9.18 Å². The van der Waals surface area contributed by atoms with Gasteiger partial charge in [0.05, 0.1) is 42.2 Å². The third-order valence-electron chi connectivity index (χ3n) is 8.23. The van der Waals surface area contributed by atoms with Crippen LogP contribution in [-0.4, -0.2) is 29.1 Å². The molecule has 2 atom stereocenters. The molecule has 2 heterocycles. The van der Waals surface area contributed by atoms with Crippen molar-refractivity contribution in [3.05, 3.63) is 88.0 Å². The Kier molecular flexibility index (Phi) is 8.63. The van der Waals surface area contributed by atoms with Crippen molar-refractivity contribution < 1.29 is 45.0 Å². The van der Waals surface area contributed by atoms with Crippen LogP contribution in [-0.2, 0) is 23.6 Å². The number of ether oxygens (including phenoxy) is 2. The summed E-state index contributed by atoms with van der Waals surface area (Å²) < 4.78 is 107. The molecule has 5 rings (SSSR count). The summed E-state index contributed by atoms with van der Waals surface area (Å²) in [7, 11) is 1.40. The smallest absolute Gasteiger partial charge is 0.416 e. The Bertz CT molecular complexity index is 1610. The molecule has 0 N–H and O–H groups in total. The van der Waals surface area contributed by atoms with Crippen LogP contribution in [0.2, 0.25) is 0 Å². The van der Waals surface area contributed by atoms with E-state index in [2.05, 4.69) is 6.08 Å². The second-order valence-electron chi connectivity index (χ2n) is 11.6. The van der Waals surface area contributed by atoms with Gasteiger partial charge in [-0.2, -0.15) is 26.3 Å². The fraction of sp³-hybridized carbons (Fsp3) is 0.394. The maximum Gasteiger partial charge on any atom is 0.416 e. The van der Waals surface area contributed by atoms with Gasteiger partial charge in [-0.05, 0) is 79.1 Å². The molecule has 0 saturated carbocycles. The summed E-state index contributed by atoms with van der Waals surface area (Å²) in [5, 5.41) is 0. The van der Waals surface area contributed by atoms with Gasteiger partial charge < -0.3 is 9.47 Å². The van der Waals surface area contributed by atoms with Crippen molar-refractivity contribution in [3.63, 3.8) is 0 Å². The molecule has 12 heteroatoms. The van der Waals surface area contributed by atoms with Crippen LogP contribution in [0.15, 0.2) is 48.5 Å². The first-order valence-electron chi connectivity index (χ1n) is 14.4. The Hall–Kier alpha value is -4.09. The van der Waals surface area contributed by atoms with Crippen LogP contribution in [0.4, 0.5) is 35.5 Å². The number of pyridine rings is 1. The number of rotatable bonds is 7. The van der Waals surface area contributed by atoms with Crippen molar-refractivity contribution in [2.45, 2.75) is 77.0 Å². The fourth-order valence-electron chi connectivity index (χ4n) is 5.81. The summed E-state index contributed by atoms with van der Waals surface area (Å²) in [5.41, 5.74) is 0.0958. The fourth-order valence-corrected chi connectivity index (χ4v) is 5.81. The van der Waals surface area contributed by atoms with Gasteiger partial charge in [0, 0.05) is 17.2 Å². The maximum absolute atomic E-state index is 14.9. The van der Waals surface area contributed by atoms with Crippen LogP contribution in [0, 0.1) is 5.82 Å². The van der Waals surface area contributed by atoms with Gasteiger partial charge in [-0.15, -0.1) is 0 Å². The summed E-state index contributed by atoms with van der Waals surface area (Å²) in [5.74, 6) is -0.393. The number of hydrogen-bond acceptors (Lipinski definition) is 4. The Morgan fingerprint density at radius 2 is 1.67 bits per heavy atom. The van der Waals surface area contributed by atoms with E-state index in [1.54, 1.807) is 12.1 Å². The Balaban J connectivity index is 1.58. The first-order chi connectivity index (χ1) is 21.1. The minimum absolute atomic E-state index is 0.0314. The third kappa shape index (κ3) is 6.50. The number of benzene rings is 2. The largest absolute Gasteiger partial charge is 0.496 e. The zero-order chi connectivity index (χ0) is 32.8. The summed E-state index contributed by atoms with van der Waals surface area (Å²) >= 11 is 0. The number of methoxy groups -OCH3 is 1. The quantitative estimate of drug-likeness (QED) is 0.242. The molecule has 2 aromatic carbocycles. The molecule has 1 fully saturated rings. The summed E-state index contributed by atoms with van der Waals surface area (Å²) in [4.78, 5) is 19.3. The van der Waals surface area contributed by atoms with Crippen molar-refractivity contribution in [2.24, 2.45) is 0 Å². The molecule has 3 aromatic rings. The van der Waals surface area contributed by atoms with Gasteiger partial charge in [0.2, 0.25) is 0 Å². The van der Waals surface area contributed by atoms with Crippen LogP contribution >= 0.6 is 0 Å². The van der Waals surface area contributed by atoms with E-state index in [0.717, 1.165) is 24.8 Å². The highest BCUT2D eigenvalue weighted by atomic mass is 19.4. The Morgan fingerprint density at radius 1 is 1.00 bits per heavy atom. The lowest BCUT2D eigenvalue weighted by Crippen LogP contribution is -2.32. The van der Waals surface area contributed by atoms with Crippen molar-refractivity contribution in [1.29, 1.82) is 0 Å². The second-order valence-corrected chi connectivity index (χ2v) is 11.6. The van der Waals surface area contributed by atoms with E-state index < -0.39 is 53.1 Å². The molecule has 1 aromatic heterocycles. The standard InChI is InChI=1S/C33H31F7N2O3/c1-17(2)24-14-25(29(44-4)15-26(24)34)23-9-10-27(19-7-5-6-8-19)41-28(23)16-42-18(3)30(45-31(42)43)20-11-21(32(35,36)37)13-22(12-20)33(38,39)40/h7,9-15,17-18,30H,5-6,8,16H2,1-4H3/t18-,30-/m0/s1. The lowest BCUT2D eigenvalue weighted by Gasteiger charge is -2.24. The number of amides is 1. The average Bonchev–Trinajstić information content (AvgIpc) is 3.60. The molecule has 0 radical (unpaired) electrons. The lowest BCUT2D eigenvalue weighted by atomic mass is 9.94. The number of halogens is 7.